The summed E-state index contributed by atoms with van der Waals surface area (Å²) in [5.41, 5.74) is 1.05. The Bertz CT molecular complexity index is 1010. The van der Waals surface area contributed by atoms with Crippen LogP contribution >= 0.6 is 0 Å². The average molecular weight is 406 g/mol. The van der Waals surface area contributed by atoms with Gasteiger partial charge in [0, 0.05) is 17.8 Å². The third-order valence-corrected chi connectivity index (χ3v) is 5.16. The van der Waals surface area contributed by atoms with E-state index in [1.165, 1.54) is 18.2 Å². The normalized spacial score (nSPS) is 22.6. The van der Waals surface area contributed by atoms with Gasteiger partial charge in [0.25, 0.3) is 0 Å². The summed E-state index contributed by atoms with van der Waals surface area (Å²) in [4.78, 5) is 4.61. The van der Waals surface area contributed by atoms with Crippen molar-refractivity contribution < 1.29 is 23.0 Å². The molecule has 0 bridgehead atoms. The fraction of sp³-hybridized carbons (Fsp3) is 0.400. The number of hydrogen-bond acceptors (Lipinski definition) is 5. The number of nitrogens with one attached hydrogen (secondary N) is 1. The van der Waals surface area contributed by atoms with E-state index in [0.717, 1.165) is 25.7 Å². The maximum atomic E-state index is 12.5. The number of rotatable bonds is 4. The number of halogens is 3. The molecule has 1 fully saturated rings. The van der Waals surface area contributed by atoms with Crippen molar-refractivity contribution in [2.75, 3.05) is 5.32 Å². The molecule has 154 valence electrons. The van der Waals surface area contributed by atoms with E-state index in [0.29, 0.717) is 22.6 Å². The highest BCUT2D eigenvalue weighted by Crippen LogP contribution is 2.31. The first kappa shape index (κ1) is 19.5. The van der Waals surface area contributed by atoms with E-state index in [-0.39, 0.29) is 11.8 Å². The van der Waals surface area contributed by atoms with Crippen molar-refractivity contribution in [3.8, 4) is 16.9 Å². The molecule has 2 heterocycles. The lowest BCUT2D eigenvalue weighted by atomic mass is 9.84. The Morgan fingerprint density at radius 3 is 2.72 bits per heavy atom. The van der Waals surface area contributed by atoms with Gasteiger partial charge in [0.2, 0.25) is 0 Å². The molecule has 2 N–H and O–H groups in total. The van der Waals surface area contributed by atoms with Gasteiger partial charge in [-0.25, -0.2) is 9.50 Å². The van der Waals surface area contributed by atoms with Gasteiger partial charge in [-0.3, -0.25) is 0 Å². The number of hydrogen-bond donors (Lipinski definition) is 2. The van der Waals surface area contributed by atoms with Crippen molar-refractivity contribution in [2.45, 2.75) is 50.6 Å². The molecular formula is C20H21F3N4O2. The van der Waals surface area contributed by atoms with E-state index in [2.05, 4.69) is 20.1 Å². The fourth-order valence-corrected chi connectivity index (χ4v) is 3.61. The second kappa shape index (κ2) is 7.22. The van der Waals surface area contributed by atoms with Crippen molar-refractivity contribution in [3.63, 3.8) is 0 Å². The standard InChI is InChI=1S/C20H21F3N4O2/c1-19(28)8-5-14(6-9-19)25-17-7-10-27-18(26-17)16(12-24-27)13-3-2-4-15(11-13)29-20(21,22)23/h2-4,7,10-12,14,28H,5-6,8-9H2,1H3,(H,25,26). The Hall–Kier alpha value is -2.81. The Kier molecular flexibility index (Phi) is 4.85. The van der Waals surface area contributed by atoms with Crippen molar-refractivity contribution in [1.82, 2.24) is 14.6 Å². The van der Waals surface area contributed by atoms with Crippen LogP contribution in [0.25, 0.3) is 16.8 Å². The molecule has 2 aromatic heterocycles. The minimum atomic E-state index is -4.75. The molecule has 0 atom stereocenters. The van der Waals surface area contributed by atoms with Gasteiger partial charge < -0.3 is 15.2 Å². The molecule has 0 unspecified atom stereocenters. The summed E-state index contributed by atoms with van der Waals surface area (Å²) in [6.45, 7) is 1.85. The summed E-state index contributed by atoms with van der Waals surface area (Å²) < 4.78 is 43.1. The summed E-state index contributed by atoms with van der Waals surface area (Å²) in [6, 6.07) is 7.76. The molecule has 0 saturated heterocycles. The quantitative estimate of drug-likeness (QED) is 0.672. The van der Waals surface area contributed by atoms with E-state index in [9.17, 15) is 18.3 Å². The monoisotopic (exact) mass is 406 g/mol. The SMILES string of the molecule is CC1(O)CCC(Nc2ccn3ncc(-c4cccc(OC(F)(F)F)c4)c3n2)CC1. The molecule has 4 rings (SSSR count). The number of ether oxygens (including phenoxy) is 1. The summed E-state index contributed by atoms with van der Waals surface area (Å²) in [5, 5.41) is 17.7. The van der Waals surface area contributed by atoms with Gasteiger partial charge in [-0.2, -0.15) is 5.10 Å². The lowest BCUT2D eigenvalue weighted by Gasteiger charge is -2.33. The lowest BCUT2D eigenvalue weighted by molar-refractivity contribution is -0.274. The van der Waals surface area contributed by atoms with Gasteiger partial charge in [-0.15, -0.1) is 13.2 Å². The first-order valence-electron chi connectivity index (χ1n) is 9.38. The number of fused-ring (bicyclic) bond motifs is 1. The Labute approximate surface area is 165 Å². The minimum absolute atomic E-state index is 0.208. The highest BCUT2D eigenvalue weighted by Gasteiger charge is 2.31. The number of benzene rings is 1. The highest BCUT2D eigenvalue weighted by atomic mass is 19.4. The van der Waals surface area contributed by atoms with E-state index < -0.39 is 12.0 Å². The van der Waals surface area contributed by atoms with E-state index in [4.69, 9.17) is 0 Å². The molecule has 9 heteroatoms. The van der Waals surface area contributed by atoms with Crippen LogP contribution in [0.2, 0.25) is 0 Å². The van der Waals surface area contributed by atoms with Gasteiger partial charge in [0.15, 0.2) is 5.65 Å². The predicted molar refractivity (Wildman–Crippen MR) is 102 cm³/mol. The molecule has 0 radical (unpaired) electrons. The van der Waals surface area contributed by atoms with Crippen molar-refractivity contribution >= 4 is 11.5 Å². The molecule has 0 spiro atoms. The van der Waals surface area contributed by atoms with Crippen molar-refractivity contribution in [1.29, 1.82) is 0 Å². The molecule has 1 aromatic carbocycles. The molecule has 3 aromatic rings. The smallest absolute Gasteiger partial charge is 0.406 e. The van der Waals surface area contributed by atoms with Gasteiger partial charge in [0.1, 0.15) is 11.6 Å². The van der Waals surface area contributed by atoms with E-state index in [1.54, 1.807) is 29.0 Å². The number of anilines is 1. The van der Waals surface area contributed by atoms with Gasteiger partial charge in [-0.05, 0) is 56.4 Å². The maximum absolute atomic E-state index is 12.5. The second-order valence-electron chi connectivity index (χ2n) is 7.63. The van der Waals surface area contributed by atoms with E-state index in [1.807, 2.05) is 6.92 Å². The first-order valence-corrected chi connectivity index (χ1v) is 9.38. The van der Waals surface area contributed by atoms with Crippen molar-refractivity contribution in [2.24, 2.45) is 0 Å². The number of aliphatic hydroxyl groups is 1. The minimum Gasteiger partial charge on any atom is -0.406 e. The second-order valence-corrected chi connectivity index (χ2v) is 7.63. The molecule has 1 saturated carbocycles. The van der Waals surface area contributed by atoms with Crippen molar-refractivity contribution in [3.05, 3.63) is 42.7 Å². The first-order chi connectivity index (χ1) is 13.7. The number of alkyl halides is 3. The van der Waals surface area contributed by atoms with E-state index >= 15 is 0 Å². The van der Waals surface area contributed by atoms with Crippen LogP contribution in [-0.4, -0.2) is 37.7 Å². The van der Waals surface area contributed by atoms with Crippen LogP contribution in [0.3, 0.4) is 0 Å². The number of aromatic nitrogens is 3. The molecule has 1 aliphatic rings. The predicted octanol–water partition coefficient (Wildman–Crippen LogP) is 4.40. The lowest BCUT2D eigenvalue weighted by Crippen LogP contribution is -2.35. The Morgan fingerprint density at radius 1 is 1.24 bits per heavy atom. The molecule has 1 aliphatic carbocycles. The largest absolute Gasteiger partial charge is 0.573 e. The molecule has 6 nitrogen and oxygen atoms in total. The van der Waals surface area contributed by atoms with Gasteiger partial charge in [-0.1, -0.05) is 12.1 Å². The topological polar surface area (TPSA) is 71.7 Å². The van der Waals surface area contributed by atoms with Crippen LogP contribution in [-0.2, 0) is 0 Å². The average Bonchev–Trinajstić information content (AvgIpc) is 3.05. The van der Waals surface area contributed by atoms with Crippen LogP contribution < -0.4 is 10.1 Å². The van der Waals surface area contributed by atoms with Gasteiger partial charge in [0.05, 0.1) is 11.8 Å². The number of nitrogens with zero attached hydrogens (tertiary/aromatic N) is 3. The third kappa shape index (κ3) is 4.61. The van der Waals surface area contributed by atoms with Crippen LogP contribution in [0.1, 0.15) is 32.6 Å². The van der Waals surface area contributed by atoms with Gasteiger partial charge >= 0.3 is 6.36 Å². The maximum Gasteiger partial charge on any atom is 0.573 e. The zero-order valence-electron chi connectivity index (χ0n) is 15.8. The zero-order valence-corrected chi connectivity index (χ0v) is 15.8. The Balaban J connectivity index is 1.59. The summed E-state index contributed by atoms with van der Waals surface area (Å²) in [5.74, 6) is 0.367. The summed E-state index contributed by atoms with van der Waals surface area (Å²) in [6.07, 6.45) is 1.68. The van der Waals surface area contributed by atoms with Crippen LogP contribution in [0.15, 0.2) is 42.7 Å². The molecular weight excluding hydrogens is 385 g/mol. The molecule has 0 aliphatic heterocycles. The highest BCUT2D eigenvalue weighted by molar-refractivity contribution is 5.78. The summed E-state index contributed by atoms with van der Waals surface area (Å²) >= 11 is 0. The zero-order chi connectivity index (χ0) is 20.6. The van der Waals surface area contributed by atoms with Crippen LogP contribution in [0, 0.1) is 0 Å². The third-order valence-electron chi connectivity index (χ3n) is 5.16. The fourth-order valence-electron chi connectivity index (χ4n) is 3.61. The molecule has 0 amide bonds. The Morgan fingerprint density at radius 2 is 2.00 bits per heavy atom. The molecule has 29 heavy (non-hydrogen) atoms. The van der Waals surface area contributed by atoms with Crippen LogP contribution in [0.5, 0.6) is 5.75 Å². The summed E-state index contributed by atoms with van der Waals surface area (Å²) in [7, 11) is 0. The van der Waals surface area contributed by atoms with Crippen LogP contribution in [0.4, 0.5) is 19.0 Å².